The number of amides is 2. The maximum Gasteiger partial charge on any atom is 0.265 e. The van der Waals surface area contributed by atoms with Gasteiger partial charge in [0.25, 0.3) is 5.91 Å². The predicted octanol–water partition coefficient (Wildman–Crippen LogP) is 2.37. The second kappa shape index (κ2) is 6.62. The van der Waals surface area contributed by atoms with E-state index in [1.807, 2.05) is 25.1 Å². The molecule has 1 N–H and O–H groups in total. The number of para-hydroxylation sites is 2. The lowest BCUT2D eigenvalue weighted by molar-refractivity contribution is -0.123. The average molecular weight is 326 g/mol. The number of fused-ring (bicyclic) bond motifs is 1. The number of hydrogen-bond acceptors (Lipinski definition) is 4. The lowest BCUT2D eigenvalue weighted by atomic mass is 10.2. The Hall–Kier alpha value is -3.02. The van der Waals surface area contributed by atoms with Crippen molar-refractivity contribution in [3.63, 3.8) is 0 Å². The Bertz CT molecular complexity index is 788. The first-order valence-electron chi connectivity index (χ1n) is 7.55. The number of carbonyl (C=O) groups excluding carboxylic acids is 2. The number of carbonyl (C=O) groups is 2. The van der Waals surface area contributed by atoms with Gasteiger partial charge in [-0.15, -0.1) is 0 Å². The molecule has 2 aromatic rings. The van der Waals surface area contributed by atoms with E-state index in [0.29, 0.717) is 22.9 Å². The summed E-state index contributed by atoms with van der Waals surface area (Å²) in [5.74, 6) is 0.615. The van der Waals surface area contributed by atoms with Crippen LogP contribution in [-0.4, -0.2) is 32.1 Å². The fraction of sp³-hybridized carbons (Fsp3) is 0.222. The summed E-state index contributed by atoms with van der Waals surface area (Å²) < 4.78 is 10.6. The number of anilines is 2. The highest BCUT2D eigenvalue weighted by Gasteiger charge is 2.27. The van der Waals surface area contributed by atoms with Gasteiger partial charge in [-0.1, -0.05) is 18.2 Å². The third kappa shape index (κ3) is 3.17. The number of aryl methyl sites for hydroxylation is 1. The number of benzene rings is 2. The number of rotatable bonds is 4. The molecule has 0 aliphatic carbocycles. The lowest BCUT2D eigenvalue weighted by Crippen LogP contribution is -2.43. The lowest BCUT2D eigenvalue weighted by Gasteiger charge is -2.28. The molecule has 3 rings (SSSR count). The molecule has 6 nitrogen and oxygen atoms in total. The summed E-state index contributed by atoms with van der Waals surface area (Å²) in [6.07, 6.45) is 0. The molecule has 124 valence electrons. The fourth-order valence-corrected chi connectivity index (χ4v) is 2.58. The van der Waals surface area contributed by atoms with Crippen molar-refractivity contribution in [2.45, 2.75) is 6.92 Å². The molecule has 0 aromatic heterocycles. The maximum atomic E-state index is 12.4. The molecule has 0 bridgehead atoms. The standard InChI is InChI=1S/C18H18N2O4/c1-12-7-8-15(23-2)13(9-12)19-17(21)10-20-14-5-3-4-6-16(14)24-11-18(20)22/h3-9H,10-11H2,1-2H3,(H,19,21). The minimum atomic E-state index is -0.302. The first-order chi connectivity index (χ1) is 11.6. The van der Waals surface area contributed by atoms with E-state index >= 15 is 0 Å². The zero-order chi connectivity index (χ0) is 17.1. The second-order valence-corrected chi connectivity index (χ2v) is 5.49. The van der Waals surface area contributed by atoms with Gasteiger partial charge in [-0.3, -0.25) is 14.5 Å². The Morgan fingerprint density at radius 2 is 2.08 bits per heavy atom. The molecule has 0 fully saturated rings. The minimum Gasteiger partial charge on any atom is -0.495 e. The fourth-order valence-electron chi connectivity index (χ4n) is 2.58. The van der Waals surface area contributed by atoms with E-state index < -0.39 is 0 Å². The first-order valence-corrected chi connectivity index (χ1v) is 7.55. The molecular weight excluding hydrogens is 308 g/mol. The Morgan fingerprint density at radius 1 is 1.29 bits per heavy atom. The van der Waals surface area contributed by atoms with Gasteiger partial charge in [0, 0.05) is 0 Å². The molecule has 0 saturated carbocycles. The van der Waals surface area contributed by atoms with E-state index in [-0.39, 0.29) is 25.0 Å². The van der Waals surface area contributed by atoms with Crippen LogP contribution in [0.4, 0.5) is 11.4 Å². The summed E-state index contributed by atoms with van der Waals surface area (Å²) in [5, 5.41) is 2.80. The predicted molar refractivity (Wildman–Crippen MR) is 90.7 cm³/mol. The highest BCUT2D eigenvalue weighted by molar-refractivity contribution is 6.05. The van der Waals surface area contributed by atoms with Crippen molar-refractivity contribution in [3.05, 3.63) is 48.0 Å². The average Bonchev–Trinajstić information content (AvgIpc) is 2.58. The van der Waals surface area contributed by atoms with Crippen LogP contribution in [0.25, 0.3) is 0 Å². The van der Waals surface area contributed by atoms with E-state index in [1.165, 1.54) is 4.90 Å². The van der Waals surface area contributed by atoms with E-state index in [0.717, 1.165) is 5.56 Å². The number of nitrogens with zero attached hydrogens (tertiary/aromatic N) is 1. The van der Waals surface area contributed by atoms with Crippen LogP contribution in [0.1, 0.15) is 5.56 Å². The number of nitrogens with one attached hydrogen (secondary N) is 1. The number of hydrogen-bond donors (Lipinski definition) is 1. The van der Waals surface area contributed by atoms with E-state index in [1.54, 1.807) is 31.4 Å². The van der Waals surface area contributed by atoms with Crippen LogP contribution < -0.4 is 19.7 Å². The second-order valence-electron chi connectivity index (χ2n) is 5.49. The highest BCUT2D eigenvalue weighted by Crippen LogP contribution is 2.31. The Balaban J connectivity index is 1.78. The monoisotopic (exact) mass is 326 g/mol. The van der Waals surface area contributed by atoms with Crippen molar-refractivity contribution < 1.29 is 19.1 Å². The summed E-state index contributed by atoms with van der Waals surface area (Å²) >= 11 is 0. The largest absolute Gasteiger partial charge is 0.495 e. The third-order valence-corrected chi connectivity index (χ3v) is 3.74. The first kappa shape index (κ1) is 15.9. The molecule has 1 aliphatic heterocycles. The van der Waals surface area contributed by atoms with Crippen LogP contribution in [0, 0.1) is 6.92 Å². The maximum absolute atomic E-state index is 12.4. The SMILES string of the molecule is COc1ccc(C)cc1NC(=O)CN1C(=O)COc2ccccc21. The zero-order valence-corrected chi connectivity index (χ0v) is 13.5. The molecule has 2 aromatic carbocycles. The molecule has 24 heavy (non-hydrogen) atoms. The van der Waals surface area contributed by atoms with Crippen LogP contribution in [0.2, 0.25) is 0 Å². The Morgan fingerprint density at radius 3 is 2.88 bits per heavy atom. The summed E-state index contributed by atoms with van der Waals surface area (Å²) in [4.78, 5) is 26.0. The van der Waals surface area contributed by atoms with Crippen molar-refractivity contribution in [1.29, 1.82) is 0 Å². The number of methoxy groups -OCH3 is 1. The highest BCUT2D eigenvalue weighted by atomic mass is 16.5. The molecule has 1 aliphatic rings. The molecule has 0 unspecified atom stereocenters. The third-order valence-electron chi connectivity index (χ3n) is 3.74. The van der Waals surface area contributed by atoms with E-state index in [2.05, 4.69) is 5.32 Å². The summed E-state index contributed by atoms with van der Waals surface area (Å²) in [6, 6.07) is 12.7. The van der Waals surface area contributed by atoms with Crippen molar-refractivity contribution in [2.24, 2.45) is 0 Å². The van der Waals surface area contributed by atoms with E-state index in [9.17, 15) is 9.59 Å². The van der Waals surface area contributed by atoms with Gasteiger partial charge in [-0.05, 0) is 36.8 Å². The smallest absolute Gasteiger partial charge is 0.265 e. The van der Waals surface area contributed by atoms with Gasteiger partial charge in [0.05, 0.1) is 18.5 Å². The van der Waals surface area contributed by atoms with Gasteiger partial charge in [0.2, 0.25) is 5.91 Å². The van der Waals surface area contributed by atoms with Gasteiger partial charge >= 0.3 is 0 Å². The van der Waals surface area contributed by atoms with Crippen LogP contribution in [-0.2, 0) is 9.59 Å². The van der Waals surface area contributed by atoms with Crippen molar-refractivity contribution >= 4 is 23.2 Å². The molecule has 1 heterocycles. The molecule has 0 atom stereocenters. The van der Waals surface area contributed by atoms with Gasteiger partial charge in [-0.2, -0.15) is 0 Å². The summed E-state index contributed by atoms with van der Waals surface area (Å²) in [5.41, 5.74) is 2.18. The normalized spacial score (nSPS) is 13.1. The van der Waals surface area contributed by atoms with Crippen LogP contribution in [0.3, 0.4) is 0 Å². The zero-order valence-electron chi connectivity index (χ0n) is 13.5. The van der Waals surface area contributed by atoms with Crippen molar-refractivity contribution in [2.75, 3.05) is 30.5 Å². The number of ether oxygens (including phenoxy) is 2. The minimum absolute atomic E-state index is 0.0714. The summed E-state index contributed by atoms with van der Waals surface area (Å²) in [6.45, 7) is 1.77. The van der Waals surface area contributed by atoms with Gasteiger partial charge in [0.15, 0.2) is 6.61 Å². The molecule has 2 amide bonds. The van der Waals surface area contributed by atoms with Crippen LogP contribution in [0.15, 0.2) is 42.5 Å². The molecule has 0 saturated heterocycles. The molecule has 6 heteroatoms. The van der Waals surface area contributed by atoms with Gasteiger partial charge in [0.1, 0.15) is 18.0 Å². The topological polar surface area (TPSA) is 67.9 Å². The Kier molecular flexibility index (Phi) is 4.37. The Labute approximate surface area is 140 Å². The van der Waals surface area contributed by atoms with E-state index in [4.69, 9.17) is 9.47 Å². The summed E-state index contributed by atoms with van der Waals surface area (Å²) in [7, 11) is 1.54. The molecule has 0 radical (unpaired) electrons. The van der Waals surface area contributed by atoms with Crippen LogP contribution in [0.5, 0.6) is 11.5 Å². The van der Waals surface area contributed by atoms with Crippen molar-refractivity contribution in [3.8, 4) is 11.5 Å². The molecule has 0 spiro atoms. The van der Waals surface area contributed by atoms with Gasteiger partial charge < -0.3 is 14.8 Å². The van der Waals surface area contributed by atoms with Crippen LogP contribution >= 0.6 is 0 Å². The van der Waals surface area contributed by atoms with Gasteiger partial charge in [-0.25, -0.2) is 0 Å². The quantitative estimate of drug-likeness (QED) is 0.936. The van der Waals surface area contributed by atoms with Crippen molar-refractivity contribution in [1.82, 2.24) is 0 Å². The molecular formula is C18H18N2O4.